The highest BCUT2D eigenvalue weighted by Crippen LogP contribution is 2.42. The fraction of sp³-hybridized carbons (Fsp3) is 0.609. The normalized spacial score (nSPS) is 19.4. The molecule has 1 heterocycles. The number of hydrogen-bond donors (Lipinski definition) is 1. The molecule has 0 fully saturated rings. The Balaban J connectivity index is 2.41. The standard InChI is InChI=1S/C23H37ClN2O3Si/c1-8-9-14-23(16-29-30(6)7)25-19(22(2,3)4)20(24)26(23)15-17-10-12-18(13-11-17)21(27)28-5/h10-13,25,30H,8-9,14-16H2,1-7H3. The summed E-state index contributed by atoms with van der Waals surface area (Å²) in [4.78, 5) is 14.0. The highest BCUT2D eigenvalue weighted by Gasteiger charge is 2.46. The molecule has 1 aromatic carbocycles. The number of benzene rings is 1. The minimum Gasteiger partial charge on any atom is -0.465 e. The van der Waals surface area contributed by atoms with E-state index in [-0.39, 0.29) is 17.0 Å². The van der Waals surface area contributed by atoms with E-state index < -0.39 is 9.04 Å². The van der Waals surface area contributed by atoms with Crippen molar-refractivity contribution in [2.75, 3.05) is 13.7 Å². The van der Waals surface area contributed by atoms with Crippen molar-refractivity contribution in [3.63, 3.8) is 0 Å². The molecule has 1 N–H and O–H groups in total. The number of halogens is 1. The van der Waals surface area contributed by atoms with Crippen LogP contribution in [-0.4, -0.2) is 39.3 Å². The number of nitrogens with zero attached hydrogens (tertiary/aromatic N) is 1. The fourth-order valence-electron chi connectivity index (χ4n) is 3.60. The predicted octanol–water partition coefficient (Wildman–Crippen LogP) is 5.22. The molecule has 0 spiro atoms. The van der Waals surface area contributed by atoms with E-state index in [2.05, 4.69) is 51.0 Å². The van der Waals surface area contributed by atoms with Gasteiger partial charge in [-0.3, -0.25) is 0 Å². The molecule has 0 amide bonds. The molecule has 2 rings (SSSR count). The van der Waals surface area contributed by atoms with Crippen molar-refractivity contribution < 1.29 is 14.0 Å². The number of ether oxygens (including phenoxy) is 1. The lowest BCUT2D eigenvalue weighted by atomic mass is 9.92. The monoisotopic (exact) mass is 452 g/mol. The summed E-state index contributed by atoms with van der Waals surface area (Å²) < 4.78 is 11.1. The quantitative estimate of drug-likeness (QED) is 0.316. The second-order valence-electron chi connectivity index (χ2n) is 9.31. The van der Waals surface area contributed by atoms with E-state index in [1.54, 1.807) is 12.1 Å². The first-order valence-electron chi connectivity index (χ1n) is 10.8. The van der Waals surface area contributed by atoms with Crippen molar-refractivity contribution >= 4 is 26.6 Å². The van der Waals surface area contributed by atoms with E-state index in [0.29, 0.717) is 18.7 Å². The largest absolute Gasteiger partial charge is 0.465 e. The third kappa shape index (κ3) is 5.80. The second-order valence-corrected chi connectivity index (χ2v) is 12.1. The second kappa shape index (κ2) is 10.2. The zero-order chi connectivity index (χ0) is 22.5. The maximum absolute atomic E-state index is 11.8. The summed E-state index contributed by atoms with van der Waals surface area (Å²) >= 11 is 6.99. The molecule has 1 aliphatic heterocycles. The van der Waals surface area contributed by atoms with Crippen LogP contribution in [0.15, 0.2) is 35.1 Å². The molecule has 1 aromatic rings. The van der Waals surface area contributed by atoms with Crippen molar-refractivity contribution in [1.82, 2.24) is 10.2 Å². The maximum atomic E-state index is 11.8. The predicted molar refractivity (Wildman–Crippen MR) is 126 cm³/mol. The van der Waals surface area contributed by atoms with E-state index >= 15 is 0 Å². The third-order valence-corrected chi connectivity index (χ3v) is 6.61. The summed E-state index contributed by atoms with van der Waals surface area (Å²) in [6.07, 6.45) is 3.13. The number of unbranched alkanes of at least 4 members (excludes halogenated alkanes) is 1. The van der Waals surface area contributed by atoms with Gasteiger partial charge in [-0.2, -0.15) is 0 Å². The Morgan fingerprint density at radius 3 is 2.37 bits per heavy atom. The lowest BCUT2D eigenvalue weighted by Gasteiger charge is -2.41. The molecular formula is C23H37ClN2O3Si. The summed E-state index contributed by atoms with van der Waals surface area (Å²) in [5.41, 5.74) is 2.21. The zero-order valence-corrected chi connectivity index (χ0v) is 21.4. The molecule has 5 nitrogen and oxygen atoms in total. The van der Waals surface area contributed by atoms with Gasteiger partial charge >= 0.3 is 5.97 Å². The fourth-order valence-corrected chi connectivity index (χ4v) is 4.76. The molecule has 1 unspecified atom stereocenters. The molecule has 0 aromatic heterocycles. The van der Waals surface area contributed by atoms with Crippen LogP contribution in [0.25, 0.3) is 0 Å². The van der Waals surface area contributed by atoms with Gasteiger partial charge in [0, 0.05) is 12.0 Å². The first kappa shape index (κ1) is 24.8. The van der Waals surface area contributed by atoms with Crippen LogP contribution in [-0.2, 0) is 15.7 Å². The number of methoxy groups -OCH3 is 1. The van der Waals surface area contributed by atoms with Gasteiger partial charge < -0.3 is 19.4 Å². The molecule has 1 aliphatic rings. The smallest absolute Gasteiger partial charge is 0.337 e. The lowest BCUT2D eigenvalue weighted by Crippen LogP contribution is -2.56. The van der Waals surface area contributed by atoms with Crippen molar-refractivity contribution in [2.45, 2.75) is 72.3 Å². The third-order valence-electron chi connectivity index (χ3n) is 5.38. The van der Waals surface area contributed by atoms with E-state index in [1.165, 1.54) is 7.11 Å². The summed E-state index contributed by atoms with van der Waals surface area (Å²) in [6.45, 7) is 14.4. The van der Waals surface area contributed by atoms with E-state index in [9.17, 15) is 4.79 Å². The molecule has 0 bridgehead atoms. The highest BCUT2D eigenvalue weighted by molar-refractivity contribution is 6.48. The van der Waals surface area contributed by atoms with Crippen LogP contribution in [0.3, 0.4) is 0 Å². The number of nitrogens with one attached hydrogen (secondary N) is 1. The van der Waals surface area contributed by atoms with Crippen molar-refractivity contribution in [3.8, 4) is 0 Å². The molecule has 0 saturated carbocycles. The van der Waals surface area contributed by atoms with Crippen molar-refractivity contribution in [2.24, 2.45) is 5.41 Å². The van der Waals surface area contributed by atoms with Crippen LogP contribution in [0.1, 0.15) is 62.9 Å². The average molecular weight is 453 g/mol. The van der Waals surface area contributed by atoms with Gasteiger partial charge in [-0.25, -0.2) is 4.79 Å². The van der Waals surface area contributed by atoms with Crippen molar-refractivity contribution in [1.29, 1.82) is 0 Å². The number of esters is 1. The number of carbonyl (C=O) groups is 1. The van der Waals surface area contributed by atoms with E-state index in [4.69, 9.17) is 20.8 Å². The van der Waals surface area contributed by atoms with Gasteiger partial charge in [0.1, 0.15) is 10.8 Å². The Morgan fingerprint density at radius 1 is 1.23 bits per heavy atom. The van der Waals surface area contributed by atoms with Gasteiger partial charge in [-0.15, -0.1) is 0 Å². The minimum atomic E-state index is -1.20. The SMILES string of the molecule is CCCCC1(CO[SiH](C)C)NC(C(C)(C)C)=C(Cl)N1Cc1ccc(C(=O)OC)cc1. The average Bonchev–Trinajstić information content (AvgIpc) is 2.97. The molecule has 0 saturated heterocycles. The topological polar surface area (TPSA) is 50.8 Å². The zero-order valence-electron chi connectivity index (χ0n) is 19.5. The summed E-state index contributed by atoms with van der Waals surface area (Å²) in [5.74, 6) is -0.329. The van der Waals surface area contributed by atoms with Gasteiger partial charge in [0.15, 0.2) is 9.04 Å². The van der Waals surface area contributed by atoms with Gasteiger partial charge in [0.25, 0.3) is 0 Å². The first-order valence-corrected chi connectivity index (χ1v) is 13.9. The molecule has 30 heavy (non-hydrogen) atoms. The maximum Gasteiger partial charge on any atom is 0.337 e. The molecule has 0 aliphatic carbocycles. The minimum absolute atomic E-state index is 0.104. The van der Waals surface area contributed by atoms with Crippen molar-refractivity contribution in [3.05, 3.63) is 46.2 Å². The van der Waals surface area contributed by atoms with Crippen LogP contribution < -0.4 is 5.32 Å². The molecule has 0 radical (unpaired) electrons. The van der Waals surface area contributed by atoms with Crippen LogP contribution >= 0.6 is 11.6 Å². The number of hydrogen-bond acceptors (Lipinski definition) is 5. The Kier molecular flexibility index (Phi) is 8.42. The Morgan fingerprint density at radius 2 is 1.87 bits per heavy atom. The van der Waals surface area contributed by atoms with Crippen LogP contribution in [0, 0.1) is 5.41 Å². The lowest BCUT2D eigenvalue weighted by molar-refractivity contribution is 0.0526. The molecular weight excluding hydrogens is 416 g/mol. The van der Waals surface area contributed by atoms with Crippen LogP contribution in [0.2, 0.25) is 13.1 Å². The first-order chi connectivity index (χ1) is 14.0. The van der Waals surface area contributed by atoms with Crippen LogP contribution in [0.4, 0.5) is 0 Å². The number of allylic oxidation sites excluding steroid dienone is 1. The summed E-state index contributed by atoms with van der Waals surface area (Å²) in [6, 6.07) is 7.54. The van der Waals surface area contributed by atoms with Gasteiger partial charge in [-0.05, 0) is 43.6 Å². The van der Waals surface area contributed by atoms with Gasteiger partial charge in [0.05, 0.1) is 25.0 Å². The molecule has 7 heteroatoms. The van der Waals surface area contributed by atoms with E-state index in [0.717, 1.165) is 35.7 Å². The Bertz CT molecular complexity index is 759. The Labute approximate surface area is 188 Å². The highest BCUT2D eigenvalue weighted by atomic mass is 35.5. The summed E-state index contributed by atoms with van der Waals surface area (Å²) in [5, 5.41) is 4.54. The van der Waals surface area contributed by atoms with Crippen LogP contribution in [0.5, 0.6) is 0 Å². The molecule has 1 atom stereocenters. The Hall–Kier alpha value is -1.50. The number of rotatable bonds is 9. The van der Waals surface area contributed by atoms with Gasteiger partial charge in [-0.1, -0.05) is 57.8 Å². The van der Waals surface area contributed by atoms with E-state index in [1.807, 2.05) is 12.1 Å². The summed E-state index contributed by atoms with van der Waals surface area (Å²) in [7, 11) is 0.193. The van der Waals surface area contributed by atoms with Gasteiger partial charge in [0.2, 0.25) is 0 Å². The number of carbonyl (C=O) groups excluding carboxylic acids is 1. The molecule has 168 valence electrons.